The van der Waals surface area contributed by atoms with E-state index in [1.165, 1.54) is 6.42 Å². The van der Waals surface area contributed by atoms with E-state index in [2.05, 4.69) is 10.5 Å². The van der Waals surface area contributed by atoms with Crippen LogP contribution in [0.5, 0.6) is 0 Å². The topological polar surface area (TPSA) is 58.4 Å². The molecule has 3 aliphatic heterocycles. The van der Waals surface area contributed by atoms with Gasteiger partial charge in [0.25, 0.3) is 5.91 Å². The summed E-state index contributed by atoms with van der Waals surface area (Å²) < 4.78 is 4.90. The van der Waals surface area contributed by atoms with Crippen LogP contribution in [-0.2, 0) is 0 Å². The lowest BCUT2D eigenvalue weighted by atomic mass is 9.91. The monoisotopic (exact) mass is 207 g/mol. The largest absolute Gasteiger partial charge is 0.361 e. The van der Waals surface area contributed by atoms with Crippen molar-refractivity contribution in [3.05, 3.63) is 17.5 Å². The molecule has 80 valence electrons. The average Bonchev–Trinajstić information content (AvgIpc) is 2.63. The van der Waals surface area contributed by atoms with Crippen molar-refractivity contribution in [1.82, 2.24) is 15.4 Å². The van der Waals surface area contributed by atoms with Crippen LogP contribution in [0.2, 0.25) is 0 Å². The van der Waals surface area contributed by atoms with Gasteiger partial charge < -0.3 is 14.7 Å². The number of rotatable bonds is 1. The lowest BCUT2D eigenvalue weighted by molar-refractivity contribution is 0.0464. The number of hydrogen-bond donors (Lipinski definition) is 1. The Morgan fingerprint density at radius 3 is 2.80 bits per heavy atom. The number of hydrogen-bond acceptors (Lipinski definition) is 4. The number of piperidine rings is 1. The first-order valence-electron chi connectivity index (χ1n) is 5.21. The predicted molar refractivity (Wildman–Crippen MR) is 52.5 cm³/mol. The molecule has 0 radical (unpaired) electrons. The van der Waals surface area contributed by atoms with E-state index < -0.39 is 0 Å². The maximum atomic E-state index is 12.0. The number of piperazine rings is 1. The molecule has 1 N–H and O–H groups in total. The lowest BCUT2D eigenvalue weighted by Gasteiger charge is -2.48. The Morgan fingerprint density at radius 2 is 2.27 bits per heavy atom. The quantitative estimate of drug-likeness (QED) is 0.713. The van der Waals surface area contributed by atoms with E-state index in [0.29, 0.717) is 23.5 Å². The van der Waals surface area contributed by atoms with Gasteiger partial charge in [0.2, 0.25) is 0 Å². The highest BCUT2D eigenvalue weighted by Gasteiger charge is 2.38. The van der Waals surface area contributed by atoms with E-state index in [4.69, 9.17) is 4.52 Å². The number of carbonyl (C=O) groups is 1. The fourth-order valence-electron chi connectivity index (χ4n) is 2.31. The minimum atomic E-state index is -0.0111. The zero-order valence-electron chi connectivity index (χ0n) is 8.56. The number of fused-ring (bicyclic) bond motifs is 2. The van der Waals surface area contributed by atoms with Crippen LogP contribution in [0.25, 0.3) is 0 Å². The van der Waals surface area contributed by atoms with E-state index in [1.54, 1.807) is 13.0 Å². The standard InChI is InChI=1S/C10H13N3O2/c1-6-2-9(12-15-6)10(14)13-4-7-3-8(5-13)11-7/h2,7-8,11H,3-5H2,1H3. The number of nitrogens with one attached hydrogen (secondary N) is 1. The van der Waals surface area contributed by atoms with Gasteiger partial charge in [0.15, 0.2) is 5.69 Å². The molecule has 2 atom stereocenters. The predicted octanol–water partition coefficient (Wildman–Crippen LogP) is 0.169. The summed E-state index contributed by atoms with van der Waals surface area (Å²) >= 11 is 0. The molecule has 2 bridgehead atoms. The molecule has 15 heavy (non-hydrogen) atoms. The Kier molecular flexibility index (Phi) is 1.82. The van der Waals surface area contributed by atoms with Gasteiger partial charge >= 0.3 is 0 Å². The second-order valence-electron chi connectivity index (χ2n) is 4.33. The van der Waals surface area contributed by atoms with E-state index in [9.17, 15) is 4.79 Å². The Hall–Kier alpha value is -1.36. The Morgan fingerprint density at radius 1 is 1.60 bits per heavy atom. The third-order valence-corrected chi connectivity index (χ3v) is 3.06. The van der Waals surface area contributed by atoms with Gasteiger partial charge in [0, 0.05) is 31.2 Å². The van der Waals surface area contributed by atoms with Gasteiger partial charge in [0.1, 0.15) is 5.76 Å². The van der Waals surface area contributed by atoms with Gasteiger partial charge in [0.05, 0.1) is 0 Å². The molecule has 2 unspecified atom stereocenters. The third kappa shape index (κ3) is 1.43. The fraction of sp³-hybridized carbons (Fsp3) is 0.600. The highest BCUT2D eigenvalue weighted by Crippen LogP contribution is 2.22. The maximum absolute atomic E-state index is 12.0. The molecule has 4 heterocycles. The first kappa shape index (κ1) is 8.91. The SMILES string of the molecule is Cc1cc(C(=O)N2CC3CC(C2)N3)no1. The summed E-state index contributed by atoms with van der Waals surface area (Å²) in [5.74, 6) is 0.668. The van der Waals surface area contributed by atoms with E-state index in [-0.39, 0.29) is 5.91 Å². The Bertz CT molecular complexity index is 385. The maximum Gasteiger partial charge on any atom is 0.276 e. The molecule has 0 saturated carbocycles. The molecule has 1 amide bonds. The van der Waals surface area contributed by atoms with Crippen molar-refractivity contribution in [1.29, 1.82) is 0 Å². The van der Waals surface area contributed by atoms with Crippen molar-refractivity contribution in [2.75, 3.05) is 13.1 Å². The first-order chi connectivity index (χ1) is 7.22. The van der Waals surface area contributed by atoms with Crippen LogP contribution in [-0.4, -0.2) is 41.1 Å². The Labute approximate surface area is 87.4 Å². The van der Waals surface area contributed by atoms with Crippen LogP contribution in [0, 0.1) is 6.92 Å². The van der Waals surface area contributed by atoms with Crippen LogP contribution in [0.15, 0.2) is 10.6 Å². The van der Waals surface area contributed by atoms with Crippen LogP contribution in [0.1, 0.15) is 22.7 Å². The summed E-state index contributed by atoms with van der Waals surface area (Å²) in [7, 11) is 0. The summed E-state index contributed by atoms with van der Waals surface area (Å²) in [6, 6.07) is 2.66. The minimum absolute atomic E-state index is 0.0111. The first-order valence-corrected chi connectivity index (χ1v) is 5.21. The smallest absolute Gasteiger partial charge is 0.276 e. The van der Waals surface area contributed by atoms with Gasteiger partial charge in [-0.1, -0.05) is 5.16 Å². The zero-order valence-corrected chi connectivity index (χ0v) is 8.56. The van der Waals surface area contributed by atoms with E-state index in [0.717, 1.165) is 13.1 Å². The van der Waals surface area contributed by atoms with Crippen molar-refractivity contribution in [3.8, 4) is 0 Å². The van der Waals surface area contributed by atoms with E-state index >= 15 is 0 Å². The summed E-state index contributed by atoms with van der Waals surface area (Å²) in [4.78, 5) is 13.8. The van der Waals surface area contributed by atoms with Crippen LogP contribution >= 0.6 is 0 Å². The zero-order chi connectivity index (χ0) is 10.4. The molecule has 5 nitrogen and oxygen atoms in total. The van der Waals surface area contributed by atoms with Gasteiger partial charge in [-0.2, -0.15) is 0 Å². The summed E-state index contributed by atoms with van der Waals surface area (Å²) in [5, 5.41) is 7.13. The molecule has 3 aliphatic rings. The number of amides is 1. The highest BCUT2D eigenvalue weighted by molar-refractivity contribution is 5.92. The lowest BCUT2D eigenvalue weighted by Crippen LogP contribution is -2.67. The molecule has 5 heteroatoms. The fourth-order valence-corrected chi connectivity index (χ4v) is 2.31. The molecule has 0 aromatic carbocycles. The number of nitrogens with zero attached hydrogens (tertiary/aromatic N) is 2. The highest BCUT2D eigenvalue weighted by atomic mass is 16.5. The van der Waals surface area contributed by atoms with Crippen molar-refractivity contribution < 1.29 is 9.32 Å². The average molecular weight is 207 g/mol. The van der Waals surface area contributed by atoms with Gasteiger partial charge in [-0.15, -0.1) is 0 Å². The normalized spacial score (nSPS) is 28.7. The second-order valence-corrected chi connectivity index (χ2v) is 4.33. The number of aryl methyl sites for hydroxylation is 1. The van der Waals surface area contributed by atoms with Crippen molar-refractivity contribution >= 4 is 5.91 Å². The van der Waals surface area contributed by atoms with Crippen molar-refractivity contribution in [2.24, 2.45) is 0 Å². The molecule has 1 aromatic rings. The second kappa shape index (κ2) is 3.06. The molecular formula is C10H13N3O2. The van der Waals surface area contributed by atoms with Gasteiger partial charge in [-0.05, 0) is 13.3 Å². The van der Waals surface area contributed by atoms with E-state index in [1.807, 2.05) is 4.90 Å². The Balaban J connectivity index is 1.74. The van der Waals surface area contributed by atoms with Gasteiger partial charge in [-0.25, -0.2) is 0 Å². The molecule has 0 spiro atoms. The summed E-state index contributed by atoms with van der Waals surface area (Å²) in [6.45, 7) is 3.38. The van der Waals surface area contributed by atoms with Crippen molar-refractivity contribution in [3.63, 3.8) is 0 Å². The van der Waals surface area contributed by atoms with Crippen LogP contribution in [0.3, 0.4) is 0 Å². The van der Waals surface area contributed by atoms with Crippen molar-refractivity contribution in [2.45, 2.75) is 25.4 Å². The summed E-state index contributed by atoms with van der Waals surface area (Å²) in [5.41, 5.74) is 0.425. The molecule has 1 aromatic heterocycles. The van der Waals surface area contributed by atoms with Gasteiger partial charge in [-0.3, -0.25) is 4.79 Å². The number of aromatic nitrogens is 1. The van der Waals surface area contributed by atoms with Crippen LogP contribution < -0.4 is 5.32 Å². The minimum Gasteiger partial charge on any atom is -0.361 e. The molecule has 0 aliphatic carbocycles. The molecule has 4 rings (SSSR count). The molecule has 3 saturated heterocycles. The number of carbonyl (C=O) groups excluding carboxylic acids is 1. The third-order valence-electron chi connectivity index (χ3n) is 3.06. The molecular weight excluding hydrogens is 194 g/mol. The van der Waals surface area contributed by atoms with Crippen LogP contribution in [0.4, 0.5) is 0 Å². The molecule has 3 fully saturated rings. The summed E-state index contributed by atoms with van der Waals surface area (Å²) in [6.07, 6.45) is 1.20.